The molecule has 2 rings (SSSR count). The Morgan fingerprint density at radius 1 is 1.60 bits per heavy atom. The molecule has 2 aromatic rings. The number of nitriles is 1. The summed E-state index contributed by atoms with van der Waals surface area (Å²) < 4.78 is 5.10. The van der Waals surface area contributed by atoms with E-state index in [0.717, 1.165) is 16.1 Å². The molecule has 0 aromatic carbocycles. The van der Waals surface area contributed by atoms with Crippen LogP contribution >= 0.6 is 11.3 Å². The summed E-state index contributed by atoms with van der Waals surface area (Å²) in [6.07, 6.45) is 1.70. The topological polar surface area (TPSA) is 70.3 Å². The third-order valence-electron chi connectivity index (χ3n) is 2.55. The van der Waals surface area contributed by atoms with Gasteiger partial charge in [0.05, 0.1) is 12.8 Å². The molecule has 1 N–H and O–H groups in total. The van der Waals surface area contributed by atoms with Gasteiger partial charge in [0.1, 0.15) is 11.6 Å². The zero-order chi connectivity index (χ0) is 14.4. The standard InChI is InChI=1S/C14H14N4OS/c1-10-6-11(9-19-2)13(7-15)14(17-10)18-16-8-12-4-3-5-20-12/h3-6,8H,9H2,1-2H3,(H,17,18)/b16-8-. The lowest BCUT2D eigenvalue weighted by atomic mass is 10.1. The second-order valence-electron chi connectivity index (χ2n) is 4.08. The Kier molecular flexibility index (Phi) is 4.82. The molecular weight excluding hydrogens is 272 g/mol. The first-order chi connectivity index (χ1) is 9.74. The Morgan fingerprint density at radius 3 is 3.10 bits per heavy atom. The van der Waals surface area contributed by atoms with Crippen LogP contribution in [0, 0.1) is 18.3 Å². The van der Waals surface area contributed by atoms with Crippen molar-refractivity contribution < 1.29 is 4.74 Å². The van der Waals surface area contributed by atoms with Gasteiger partial charge in [-0.15, -0.1) is 11.3 Å². The Morgan fingerprint density at radius 2 is 2.45 bits per heavy atom. The molecule has 6 heteroatoms. The Balaban J connectivity index is 2.24. The van der Waals surface area contributed by atoms with Crippen LogP contribution in [-0.2, 0) is 11.3 Å². The monoisotopic (exact) mass is 286 g/mol. The van der Waals surface area contributed by atoms with E-state index in [1.165, 1.54) is 0 Å². The fourth-order valence-corrected chi connectivity index (χ4v) is 2.32. The maximum atomic E-state index is 9.26. The number of thiophene rings is 1. The smallest absolute Gasteiger partial charge is 0.164 e. The van der Waals surface area contributed by atoms with Gasteiger partial charge in [0.15, 0.2) is 5.82 Å². The van der Waals surface area contributed by atoms with Crippen molar-refractivity contribution in [2.45, 2.75) is 13.5 Å². The van der Waals surface area contributed by atoms with Crippen LogP contribution in [0.2, 0.25) is 0 Å². The van der Waals surface area contributed by atoms with Crippen molar-refractivity contribution in [2.24, 2.45) is 5.10 Å². The zero-order valence-corrected chi connectivity index (χ0v) is 12.1. The highest BCUT2D eigenvalue weighted by Gasteiger charge is 2.10. The molecule has 0 bridgehead atoms. The number of methoxy groups -OCH3 is 1. The predicted molar refractivity (Wildman–Crippen MR) is 79.9 cm³/mol. The Hall–Kier alpha value is -2.23. The highest BCUT2D eigenvalue weighted by molar-refractivity contribution is 7.11. The van der Waals surface area contributed by atoms with Gasteiger partial charge in [-0.2, -0.15) is 10.4 Å². The van der Waals surface area contributed by atoms with Crippen LogP contribution in [0.4, 0.5) is 5.82 Å². The summed E-state index contributed by atoms with van der Waals surface area (Å²) in [5.41, 5.74) is 4.90. The van der Waals surface area contributed by atoms with E-state index < -0.39 is 0 Å². The number of aromatic nitrogens is 1. The number of pyridine rings is 1. The quantitative estimate of drug-likeness (QED) is 0.677. The molecule has 0 saturated heterocycles. The van der Waals surface area contributed by atoms with Crippen molar-refractivity contribution >= 4 is 23.4 Å². The minimum Gasteiger partial charge on any atom is -0.380 e. The summed E-state index contributed by atoms with van der Waals surface area (Å²) in [5, 5.41) is 15.4. The summed E-state index contributed by atoms with van der Waals surface area (Å²) >= 11 is 1.59. The molecule has 5 nitrogen and oxygen atoms in total. The van der Waals surface area contributed by atoms with Crippen molar-refractivity contribution in [1.82, 2.24) is 4.98 Å². The van der Waals surface area contributed by atoms with E-state index in [4.69, 9.17) is 4.74 Å². The molecule has 0 fully saturated rings. The van der Waals surface area contributed by atoms with Crippen LogP contribution < -0.4 is 5.43 Å². The average molecular weight is 286 g/mol. The molecule has 0 radical (unpaired) electrons. The summed E-state index contributed by atoms with van der Waals surface area (Å²) in [4.78, 5) is 5.33. The van der Waals surface area contributed by atoms with Crippen molar-refractivity contribution in [3.05, 3.63) is 45.3 Å². The SMILES string of the molecule is COCc1cc(C)nc(N/N=C\c2cccs2)c1C#N. The number of hydrazone groups is 1. The third-order valence-corrected chi connectivity index (χ3v) is 3.35. The minimum absolute atomic E-state index is 0.371. The Labute approximate surface area is 121 Å². The fraction of sp³-hybridized carbons (Fsp3) is 0.214. The van der Waals surface area contributed by atoms with Crippen LogP contribution in [0.25, 0.3) is 0 Å². The van der Waals surface area contributed by atoms with E-state index >= 15 is 0 Å². The number of aryl methyl sites for hydroxylation is 1. The van der Waals surface area contributed by atoms with E-state index in [1.54, 1.807) is 24.7 Å². The molecule has 102 valence electrons. The molecule has 0 spiro atoms. The number of hydrogen-bond acceptors (Lipinski definition) is 6. The van der Waals surface area contributed by atoms with Crippen LogP contribution in [0.5, 0.6) is 0 Å². The minimum atomic E-state index is 0.371. The lowest BCUT2D eigenvalue weighted by Crippen LogP contribution is -2.03. The molecule has 0 aliphatic heterocycles. The Bertz CT molecular complexity index is 644. The van der Waals surface area contributed by atoms with Gasteiger partial charge < -0.3 is 4.74 Å². The lowest BCUT2D eigenvalue weighted by Gasteiger charge is -2.08. The van der Waals surface area contributed by atoms with Crippen LogP contribution in [0.3, 0.4) is 0 Å². The molecule has 0 amide bonds. The normalized spacial score (nSPS) is 10.7. The number of ether oxygens (including phenoxy) is 1. The van der Waals surface area contributed by atoms with Crippen molar-refractivity contribution in [2.75, 3.05) is 12.5 Å². The summed E-state index contributed by atoms with van der Waals surface area (Å²) in [6, 6.07) is 7.90. The predicted octanol–water partition coefficient (Wildman–Crippen LogP) is 2.92. The molecule has 2 aromatic heterocycles. The average Bonchev–Trinajstić information content (AvgIpc) is 2.92. The summed E-state index contributed by atoms with van der Waals surface area (Å²) in [6.45, 7) is 2.24. The van der Waals surface area contributed by atoms with Crippen molar-refractivity contribution in [1.29, 1.82) is 5.26 Å². The molecule has 0 unspecified atom stereocenters. The molecule has 0 aliphatic carbocycles. The number of hydrogen-bond donors (Lipinski definition) is 1. The second kappa shape index (κ2) is 6.80. The van der Waals surface area contributed by atoms with Crippen LogP contribution in [0.1, 0.15) is 21.7 Å². The van der Waals surface area contributed by atoms with Gasteiger partial charge >= 0.3 is 0 Å². The van der Waals surface area contributed by atoms with Crippen LogP contribution in [-0.4, -0.2) is 18.3 Å². The van der Waals surface area contributed by atoms with E-state index in [1.807, 2.05) is 30.5 Å². The van der Waals surface area contributed by atoms with E-state index in [0.29, 0.717) is 18.0 Å². The van der Waals surface area contributed by atoms with Gasteiger partial charge in [0, 0.05) is 23.2 Å². The molecule has 0 atom stereocenters. The first-order valence-corrected chi connectivity index (χ1v) is 6.84. The summed E-state index contributed by atoms with van der Waals surface area (Å²) in [5.74, 6) is 0.451. The number of anilines is 1. The largest absolute Gasteiger partial charge is 0.380 e. The van der Waals surface area contributed by atoms with Gasteiger partial charge in [-0.05, 0) is 24.4 Å². The first-order valence-electron chi connectivity index (χ1n) is 5.96. The van der Waals surface area contributed by atoms with Gasteiger partial charge in [-0.1, -0.05) is 6.07 Å². The number of rotatable bonds is 5. The first kappa shape index (κ1) is 14.2. The van der Waals surface area contributed by atoms with Gasteiger partial charge in [-0.3, -0.25) is 5.43 Å². The molecule has 0 aliphatic rings. The van der Waals surface area contributed by atoms with Crippen LogP contribution in [0.15, 0.2) is 28.7 Å². The van der Waals surface area contributed by atoms with Gasteiger partial charge in [0.2, 0.25) is 0 Å². The molecule has 0 saturated carbocycles. The lowest BCUT2D eigenvalue weighted by molar-refractivity contribution is 0.184. The molecular formula is C14H14N4OS. The highest BCUT2D eigenvalue weighted by atomic mass is 32.1. The third kappa shape index (κ3) is 3.41. The fourth-order valence-electron chi connectivity index (χ4n) is 1.74. The van der Waals surface area contributed by atoms with E-state index in [2.05, 4.69) is 21.6 Å². The van der Waals surface area contributed by atoms with Gasteiger partial charge in [-0.25, -0.2) is 4.98 Å². The maximum absolute atomic E-state index is 9.26. The maximum Gasteiger partial charge on any atom is 0.164 e. The highest BCUT2D eigenvalue weighted by Crippen LogP contribution is 2.19. The second-order valence-corrected chi connectivity index (χ2v) is 5.06. The number of nitrogens with one attached hydrogen (secondary N) is 1. The zero-order valence-electron chi connectivity index (χ0n) is 11.3. The van der Waals surface area contributed by atoms with Crippen molar-refractivity contribution in [3.63, 3.8) is 0 Å². The van der Waals surface area contributed by atoms with Gasteiger partial charge in [0.25, 0.3) is 0 Å². The van der Waals surface area contributed by atoms with E-state index in [-0.39, 0.29) is 0 Å². The number of nitrogens with zero attached hydrogens (tertiary/aromatic N) is 3. The van der Waals surface area contributed by atoms with Crippen molar-refractivity contribution in [3.8, 4) is 6.07 Å². The molecule has 2 heterocycles. The summed E-state index contributed by atoms with van der Waals surface area (Å²) in [7, 11) is 1.60. The molecule has 20 heavy (non-hydrogen) atoms. The van der Waals surface area contributed by atoms with E-state index in [9.17, 15) is 5.26 Å².